The van der Waals surface area contributed by atoms with Gasteiger partial charge >= 0.3 is 5.97 Å². The van der Waals surface area contributed by atoms with Crippen molar-refractivity contribution in [2.75, 3.05) is 39.9 Å². The zero-order valence-corrected chi connectivity index (χ0v) is 18.5. The third kappa shape index (κ3) is 4.86. The Kier molecular flexibility index (Phi) is 6.91. The van der Waals surface area contributed by atoms with Gasteiger partial charge in [0, 0.05) is 26.2 Å². The van der Waals surface area contributed by atoms with Crippen LogP contribution in [0.15, 0.2) is 41.3 Å². The van der Waals surface area contributed by atoms with Crippen LogP contribution in [-0.2, 0) is 14.8 Å². The van der Waals surface area contributed by atoms with Crippen molar-refractivity contribution in [3.8, 4) is 5.75 Å². The number of carbonyl (C=O) groups excluding carboxylic acids is 2. The van der Waals surface area contributed by atoms with Crippen molar-refractivity contribution in [3.05, 3.63) is 53.3 Å². The molecule has 166 valence electrons. The van der Waals surface area contributed by atoms with Gasteiger partial charge in [-0.05, 0) is 50.2 Å². The van der Waals surface area contributed by atoms with Crippen molar-refractivity contribution in [1.82, 2.24) is 14.2 Å². The Morgan fingerprint density at radius 3 is 2.23 bits per heavy atom. The summed E-state index contributed by atoms with van der Waals surface area (Å²) in [5, 5.41) is 0. The Balaban J connectivity index is 1.66. The van der Waals surface area contributed by atoms with Crippen molar-refractivity contribution in [1.29, 1.82) is 0 Å². The molecule has 0 bridgehead atoms. The topological polar surface area (TPSA) is 106 Å². The fourth-order valence-corrected chi connectivity index (χ4v) is 4.72. The number of sulfonamides is 1. The predicted octanol–water partition coefficient (Wildman–Crippen LogP) is 1.72. The monoisotopic (exact) mass is 447 g/mol. The van der Waals surface area contributed by atoms with Gasteiger partial charge in [-0.1, -0.05) is 0 Å². The molecule has 1 aliphatic rings. The summed E-state index contributed by atoms with van der Waals surface area (Å²) in [6, 6.07) is 9.22. The standard InChI is InChI=1S/C21H25N3O6S/c1-4-30-21(26)18-9-10-19(22-15(18)2)20(25)23-11-13-24(14-12-23)31(27,28)17-7-5-16(29-3)6-8-17/h5-10H,4,11-14H2,1-3H3. The molecule has 0 spiro atoms. The van der Waals surface area contributed by atoms with Gasteiger partial charge in [0.05, 0.1) is 29.9 Å². The number of carbonyl (C=O) groups is 2. The van der Waals surface area contributed by atoms with E-state index in [1.165, 1.54) is 35.7 Å². The molecule has 2 heterocycles. The average molecular weight is 448 g/mol. The minimum Gasteiger partial charge on any atom is -0.497 e. The van der Waals surface area contributed by atoms with Gasteiger partial charge in [0.15, 0.2) is 0 Å². The molecule has 1 aromatic heterocycles. The van der Waals surface area contributed by atoms with E-state index in [4.69, 9.17) is 9.47 Å². The second kappa shape index (κ2) is 9.44. The van der Waals surface area contributed by atoms with E-state index in [-0.39, 0.29) is 49.3 Å². The first-order valence-electron chi connectivity index (χ1n) is 9.86. The number of hydrogen-bond donors (Lipinski definition) is 0. The molecule has 3 rings (SSSR count). The number of nitrogens with zero attached hydrogens (tertiary/aromatic N) is 3. The summed E-state index contributed by atoms with van der Waals surface area (Å²) < 4.78 is 37.1. The molecule has 31 heavy (non-hydrogen) atoms. The second-order valence-electron chi connectivity index (χ2n) is 6.92. The molecule has 0 N–H and O–H groups in total. The molecule has 1 aromatic carbocycles. The van der Waals surface area contributed by atoms with Crippen molar-refractivity contribution in [3.63, 3.8) is 0 Å². The Bertz CT molecular complexity index is 1060. The average Bonchev–Trinajstić information content (AvgIpc) is 2.78. The molecule has 1 amide bonds. The maximum atomic E-state index is 12.9. The molecule has 0 aliphatic carbocycles. The van der Waals surface area contributed by atoms with Gasteiger partial charge in [0.25, 0.3) is 5.91 Å². The fourth-order valence-electron chi connectivity index (χ4n) is 3.30. The van der Waals surface area contributed by atoms with Gasteiger partial charge in [-0.3, -0.25) is 4.79 Å². The summed E-state index contributed by atoms with van der Waals surface area (Å²) in [5.41, 5.74) is 0.927. The summed E-state index contributed by atoms with van der Waals surface area (Å²) >= 11 is 0. The molecular formula is C21H25N3O6S. The first-order chi connectivity index (χ1) is 14.8. The van der Waals surface area contributed by atoms with Crippen molar-refractivity contribution >= 4 is 21.9 Å². The second-order valence-corrected chi connectivity index (χ2v) is 8.86. The normalized spacial score (nSPS) is 14.9. The number of aromatic nitrogens is 1. The van der Waals surface area contributed by atoms with E-state index < -0.39 is 16.0 Å². The van der Waals surface area contributed by atoms with Gasteiger partial charge in [-0.25, -0.2) is 18.2 Å². The third-order valence-corrected chi connectivity index (χ3v) is 6.94. The number of amides is 1. The van der Waals surface area contributed by atoms with Crippen LogP contribution < -0.4 is 4.74 Å². The lowest BCUT2D eigenvalue weighted by Gasteiger charge is -2.33. The Morgan fingerprint density at radius 1 is 1.03 bits per heavy atom. The van der Waals surface area contributed by atoms with Crippen LogP contribution in [0.4, 0.5) is 0 Å². The number of benzene rings is 1. The van der Waals surface area contributed by atoms with Crippen LogP contribution in [0.1, 0.15) is 33.5 Å². The third-order valence-electron chi connectivity index (χ3n) is 5.02. The summed E-state index contributed by atoms with van der Waals surface area (Å²) in [6.07, 6.45) is 0. The zero-order valence-electron chi connectivity index (χ0n) is 17.7. The van der Waals surface area contributed by atoms with E-state index in [1.807, 2.05) is 0 Å². The number of esters is 1. The minimum absolute atomic E-state index is 0.180. The first-order valence-corrected chi connectivity index (χ1v) is 11.3. The molecule has 10 heteroatoms. The molecule has 0 saturated carbocycles. The van der Waals surface area contributed by atoms with E-state index >= 15 is 0 Å². The van der Waals surface area contributed by atoms with Gasteiger partial charge < -0.3 is 14.4 Å². The Hall–Kier alpha value is -2.98. The number of aryl methyl sites for hydroxylation is 1. The predicted molar refractivity (Wildman–Crippen MR) is 113 cm³/mol. The van der Waals surface area contributed by atoms with E-state index in [0.29, 0.717) is 17.0 Å². The van der Waals surface area contributed by atoms with Crippen LogP contribution in [0.25, 0.3) is 0 Å². The highest BCUT2D eigenvalue weighted by atomic mass is 32.2. The lowest BCUT2D eigenvalue weighted by atomic mass is 10.1. The highest BCUT2D eigenvalue weighted by Crippen LogP contribution is 2.21. The van der Waals surface area contributed by atoms with Crippen molar-refractivity contribution < 1.29 is 27.5 Å². The van der Waals surface area contributed by atoms with Crippen molar-refractivity contribution in [2.45, 2.75) is 18.7 Å². The zero-order chi connectivity index (χ0) is 22.6. The molecule has 1 aliphatic heterocycles. The smallest absolute Gasteiger partial charge is 0.339 e. The molecule has 1 saturated heterocycles. The van der Waals surface area contributed by atoms with Gasteiger partial charge in [-0.15, -0.1) is 0 Å². The van der Waals surface area contributed by atoms with E-state index in [0.717, 1.165) is 0 Å². The molecule has 9 nitrogen and oxygen atoms in total. The summed E-state index contributed by atoms with van der Waals surface area (Å²) in [4.78, 5) is 30.7. The van der Waals surface area contributed by atoms with Gasteiger partial charge in [0.1, 0.15) is 11.4 Å². The largest absolute Gasteiger partial charge is 0.497 e. The van der Waals surface area contributed by atoms with E-state index in [9.17, 15) is 18.0 Å². The summed E-state index contributed by atoms with van der Waals surface area (Å²) in [5.74, 6) is -0.213. The Morgan fingerprint density at radius 2 is 1.68 bits per heavy atom. The molecule has 0 unspecified atom stereocenters. The maximum Gasteiger partial charge on any atom is 0.339 e. The number of hydrogen-bond acceptors (Lipinski definition) is 7. The maximum absolute atomic E-state index is 12.9. The van der Waals surface area contributed by atoms with Gasteiger partial charge in [-0.2, -0.15) is 4.31 Å². The number of rotatable bonds is 6. The van der Waals surface area contributed by atoms with Crippen LogP contribution in [0.3, 0.4) is 0 Å². The number of pyridine rings is 1. The van der Waals surface area contributed by atoms with E-state index in [2.05, 4.69) is 4.98 Å². The first kappa shape index (κ1) is 22.7. The lowest BCUT2D eigenvalue weighted by Crippen LogP contribution is -2.50. The van der Waals surface area contributed by atoms with Gasteiger partial charge in [0.2, 0.25) is 10.0 Å². The molecule has 1 fully saturated rings. The lowest BCUT2D eigenvalue weighted by molar-refractivity contribution is 0.0523. The van der Waals surface area contributed by atoms with Crippen LogP contribution >= 0.6 is 0 Å². The van der Waals surface area contributed by atoms with Crippen LogP contribution in [0, 0.1) is 6.92 Å². The fraction of sp³-hybridized carbons (Fsp3) is 0.381. The number of methoxy groups -OCH3 is 1. The van der Waals surface area contributed by atoms with Crippen LogP contribution in [-0.4, -0.2) is 74.4 Å². The highest BCUT2D eigenvalue weighted by molar-refractivity contribution is 7.89. The Labute approximate surface area is 181 Å². The van der Waals surface area contributed by atoms with E-state index in [1.54, 1.807) is 30.9 Å². The molecule has 2 aromatic rings. The molecule has 0 radical (unpaired) electrons. The van der Waals surface area contributed by atoms with Crippen LogP contribution in [0.5, 0.6) is 5.75 Å². The van der Waals surface area contributed by atoms with Crippen LogP contribution in [0.2, 0.25) is 0 Å². The summed E-state index contributed by atoms with van der Waals surface area (Å²) in [6.45, 7) is 4.46. The summed E-state index contributed by atoms with van der Waals surface area (Å²) in [7, 11) is -2.14. The SMILES string of the molecule is CCOC(=O)c1ccc(C(=O)N2CCN(S(=O)(=O)c3ccc(OC)cc3)CC2)nc1C. The number of ether oxygens (including phenoxy) is 2. The minimum atomic E-state index is -3.66. The highest BCUT2D eigenvalue weighted by Gasteiger charge is 2.31. The van der Waals surface area contributed by atoms with Crippen molar-refractivity contribution in [2.24, 2.45) is 0 Å². The molecule has 0 atom stereocenters. The quantitative estimate of drug-likeness (QED) is 0.621. The number of piperazine rings is 1. The molecular weight excluding hydrogens is 422 g/mol.